The Hall–Kier alpha value is -3.72. The third kappa shape index (κ3) is 7.89. The van der Waals surface area contributed by atoms with Gasteiger partial charge in [0.15, 0.2) is 0 Å². The number of benzene rings is 2. The molecule has 204 valence electrons. The number of likely N-dealkylation sites (tertiary alicyclic amines) is 1. The number of carbonyl (C=O) groups excluding carboxylic acids is 2. The van der Waals surface area contributed by atoms with Gasteiger partial charge in [0.1, 0.15) is 24.6 Å². The van der Waals surface area contributed by atoms with E-state index in [2.05, 4.69) is 15.6 Å². The second-order valence-corrected chi connectivity index (χ2v) is 9.05. The molecule has 0 bridgehead atoms. The maximum Gasteiger partial charge on any atom is 0.233 e. The number of ether oxygens (including phenoxy) is 2. The number of methoxy groups -OCH3 is 1. The minimum atomic E-state index is -0.456. The highest BCUT2D eigenvalue weighted by molar-refractivity contribution is 6.03. The van der Waals surface area contributed by atoms with Crippen LogP contribution in [0.25, 0.3) is 5.70 Å². The first-order valence-corrected chi connectivity index (χ1v) is 12.9. The van der Waals surface area contributed by atoms with Gasteiger partial charge in [-0.15, -0.1) is 0 Å². The van der Waals surface area contributed by atoms with Gasteiger partial charge < -0.3 is 25.0 Å². The van der Waals surface area contributed by atoms with E-state index >= 15 is 4.39 Å². The van der Waals surface area contributed by atoms with Crippen molar-refractivity contribution in [3.8, 4) is 5.75 Å². The molecule has 0 aromatic heterocycles. The van der Waals surface area contributed by atoms with Crippen molar-refractivity contribution in [1.82, 2.24) is 4.90 Å². The first-order chi connectivity index (χ1) is 18.4. The Labute approximate surface area is 223 Å². The van der Waals surface area contributed by atoms with Crippen LogP contribution in [0.3, 0.4) is 0 Å². The van der Waals surface area contributed by atoms with E-state index in [-0.39, 0.29) is 18.2 Å². The minimum Gasteiger partial charge on any atom is -0.491 e. The van der Waals surface area contributed by atoms with Gasteiger partial charge in [-0.2, -0.15) is 0 Å². The predicted octanol–water partition coefficient (Wildman–Crippen LogP) is 5.78. The normalized spacial score (nSPS) is 14.0. The molecule has 1 saturated heterocycles. The van der Waals surface area contributed by atoms with Crippen LogP contribution in [0, 0.1) is 5.82 Å². The summed E-state index contributed by atoms with van der Waals surface area (Å²) in [6.07, 6.45) is 4.11. The zero-order valence-electron chi connectivity index (χ0n) is 22.6. The van der Waals surface area contributed by atoms with Gasteiger partial charge in [0.2, 0.25) is 11.8 Å². The summed E-state index contributed by atoms with van der Waals surface area (Å²) in [6.45, 7) is 7.84. The molecule has 9 heteroatoms. The summed E-state index contributed by atoms with van der Waals surface area (Å²) in [5, 5.41) is 6.12. The zero-order valence-corrected chi connectivity index (χ0v) is 22.6. The number of rotatable bonds is 12. The van der Waals surface area contributed by atoms with Gasteiger partial charge in [0.25, 0.3) is 0 Å². The van der Waals surface area contributed by atoms with Crippen molar-refractivity contribution in [3.05, 3.63) is 53.4 Å². The lowest BCUT2D eigenvalue weighted by Crippen LogP contribution is -2.31. The zero-order chi connectivity index (χ0) is 27.5. The molecule has 0 saturated carbocycles. The second kappa shape index (κ2) is 14.3. The van der Waals surface area contributed by atoms with Crippen LogP contribution in [0.15, 0.2) is 47.0 Å². The highest BCUT2D eigenvalue weighted by Crippen LogP contribution is 2.36. The molecule has 1 heterocycles. The van der Waals surface area contributed by atoms with Crippen molar-refractivity contribution in [1.29, 1.82) is 0 Å². The molecular formula is C29H37FN4O4. The van der Waals surface area contributed by atoms with Crippen molar-refractivity contribution < 1.29 is 23.5 Å². The number of allylic oxidation sites excluding steroid dienone is 1. The summed E-state index contributed by atoms with van der Waals surface area (Å²) in [5.41, 5.74) is 3.64. The predicted molar refractivity (Wildman–Crippen MR) is 150 cm³/mol. The van der Waals surface area contributed by atoms with Crippen molar-refractivity contribution in [3.63, 3.8) is 0 Å². The monoisotopic (exact) mass is 524 g/mol. The fourth-order valence-electron chi connectivity index (χ4n) is 4.14. The lowest BCUT2D eigenvalue weighted by atomic mass is 10.0. The van der Waals surface area contributed by atoms with Crippen LogP contribution in [0.1, 0.15) is 52.0 Å². The van der Waals surface area contributed by atoms with Crippen LogP contribution in [-0.4, -0.2) is 56.3 Å². The summed E-state index contributed by atoms with van der Waals surface area (Å²) < 4.78 is 26.1. The molecule has 8 nitrogen and oxygen atoms in total. The quantitative estimate of drug-likeness (QED) is 0.209. The summed E-state index contributed by atoms with van der Waals surface area (Å²) in [4.78, 5) is 30.7. The van der Waals surface area contributed by atoms with E-state index in [0.717, 1.165) is 31.5 Å². The Morgan fingerprint density at radius 1 is 1.08 bits per heavy atom. The molecule has 1 aliphatic rings. The Bertz CT molecular complexity index is 1170. The average Bonchev–Trinajstić information content (AvgIpc) is 3.44. The maximum absolute atomic E-state index is 15.5. The van der Waals surface area contributed by atoms with Crippen LogP contribution in [0.5, 0.6) is 5.75 Å². The van der Waals surface area contributed by atoms with E-state index in [0.29, 0.717) is 53.7 Å². The van der Waals surface area contributed by atoms with Gasteiger partial charge in [0, 0.05) is 55.6 Å². The number of hydrogen-bond acceptors (Lipinski definition) is 6. The lowest BCUT2D eigenvalue weighted by molar-refractivity contribution is -0.133. The number of amides is 2. The first kappa shape index (κ1) is 28.8. The third-order valence-corrected chi connectivity index (χ3v) is 6.28. The van der Waals surface area contributed by atoms with Crippen LogP contribution in [0.2, 0.25) is 0 Å². The molecule has 0 spiro atoms. The molecule has 38 heavy (non-hydrogen) atoms. The molecule has 2 amide bonds. The van der Waals surface area contributed by atoms with Crippen molar-refractivity contribution in [2.45, 2.75) is 46.5 Å². The summed E-state index contributed by atoms with van der Waals surface area (Å²) in [6, 6.07) is 10.1. The van der Waals surface area contributed by atoms with E-state index in [1.54, 1.807) is 55.5 Å². The van der Waals surface area contributed by atoms with E-state index < -0.39 is 5.82 Å². The Morgan fingerprint density at radius 2 is 1.74 bits per heavy atom. The number of aliphatic imine (C=N–C) groups is 1. The van der Waals surface area contributed by atoms with Crippen LogP contribution in [-0.2, 0) is 14.3 Å². The highest BCUT2D eigenvalue weighted by Gasteiger charge is 2.21. The Morgan fingerprint density at radius 3 is 2.34 bits per heavy atom. The first-order valence-electron chi connectivity index (χ1n) is 12.9. The fourth-order valence-corrected chi connectivity index (χ4v) is 4.14. The van der Waals surface area contributed by atoms with Gasteiger partial charge in [-0.05, 0) is 62.9 Å². The number of nitrogens with one attached hydrogen (secondary N) is 2. The molecule has 1 fully saturated rings. The standard InChI is InChI=1S/C29H37FN4O4/c1-5-20(3)29(28-24(30)17-23(38-16-15-37-4)18-25(28)31-6-2)33-22-11-9-21(10-12-22)32-26(35)19-27(36)34-13-7-8-14-34/h6,9-12,17-18,33H,5,7-8,13-16,19H2,1-4H3,(H,32,35). The molecule has 2 N–H and O–H groups in total. The third-order valence-electron chi connectivity index (χ3n) is 6.28. The molecule has 3 rings (SSSR count). The summed E-state index contributed by atoms with van der Waals surface area (Å²) >= 11 is 0. The minimum absolute atomic E-state index is 0.147. The molecule has 2 aromatic carbocycles. The van der Waals surface area contributed by atoms with Gasteiger partial charge in [-0.25, -0.2) is 4.39 Å². The SMILES string of the molecule is CC=Nc1cc(OCCOC)cc(F)c1C(Nc1ccc(NC(=O)CC(=O)N2CCCC2)cc1)=C(C)CC. The molecule has 2 aromatic rings. The van der Waals surface area contributed by atoms with Crippen molar-refractivity contribution in [2.75, 3.05) is 44.0 Å². The van der Waals surface area contributed by atoms with Crippen molar-refractivity contribution >= 4 is 40.8 Å². The summed E-state index contributed by atoms with van der Waals surface area (Å²) in [7, 11) is 1.58. The number of hydrogen-bond donors (Lipinski definition) is 2. The van der Waals surface area contributed by atoms with Crippen LogP contribution in [0.4, 0.5) is 21.5 Å². The molecular weight excluding hydrogens is 487 g/mol. The van der Waals surface area contributed by atoms with Crippen molar-refractivity contribution in [2.24, 2.45) is 4.99 Å². The molecule has 0 radical (unpaired) electrons. The smallest absolute Gasteiger partial charge is 0.233 e. The molecule has 0 unspecified atom stereocenters. The van der Waals surface area contributed by atoms with Crippen LogP contribution >= 0.6 is 0 Å². The number of carbonyl (C=O) groups is 2. The van der Waals surface area contributed by atoms with E-state index in [1.807, 2.05) is 13.8 Å². The molecule has 0 atom stereocenters. The fraction of sp³-hybridized carbons (Fsp3) is 0.414. The average molecular weight is 525 g/mol. The maximum atomic E-state index is 15.5. The van der Waals surface area contributed by atoms with E-state index in [4.69, 9.17) is 9.47 Å². The Kier molecular flexibility index (Phi) is 10.8. The molecule has 1 aliphatic heterocycles. The largest absolute Gasteiger partial charge is 0.491 e. The topological polar surface area (TPSA) is 92.3 Å². The van der Waals surface area contributed by atoms with Gasteiger partial charge in [-0.3, -0.25) is 14.6 Å². The van der Waals surface area contributed by atoms with Gasteiger partial charge in [-0.1, -0.05) is 6.92 Å². The number of nitrogens with zero attached hydrogens (tertiary/aromatic N) is 2. The Balaban J connectivity index is 1.77. The molecule has 0 aliphatic carbocycles. The second-order valence-electron chi connectivity index (χ2n) is 9.05. The van der Waals surface area contributed by atoms with Gasteiger partial charge >= 0.3 is 0 Å². The summed E-state index contributed by atoms with van der Waals surface area (Å²) in [5.74, 6) is -0.573. The van der Waals surface area contributed by atoms with Gasteiger partial charge in [0.05, 0.1) is 17.9 Å². The number of anilines is 2. The van der Waals surface area contributed by atoms with Crippen LogP contribution < -0.4 is 15.4 Å². The lowest BCUT2D eigenvalue weighted by Gasteiger charge is -2.19. The van der Waals surface area contributed by atoms with E-state index in [1.165, 1.54) is 6.07 Å². The van der Waals surface area contributed by atoms with E-state index in [9.17, 15) is 9.59 Å². The number of halogens is 1. The highest BCUT2D eigenvalue weighted by atomic mass is 19.1.